The van der Waals surface area contributed by atoms with Crippen LogP contribution in [0.2, 0.25) is 0 Å². The highest BCUT2D eigenvalue weighted by molar-refractivity contribution is 7.09. The van der Waals surface area contributed by atoms with E-state index in [1.807, 2.05) is 11.8 Å². The lowest BCUT2D eigenvalue weighted by atomic mass is 9.81. The molecule has 0 aromatic carbocycles. The quantitative estimate of drug-likeness (QED) is 0.921. The lowest BCUT2D eigenvalue weighted by Crippen LogP contribution is -2.43. The highest BCUT2D eigenvalue weighted by atomic mass is 32.1. The first-order valence-corrected chi connectivity index (χ1v) is 9.36. The van der Waals surface area contributed by atoms with Gasteiger partial charge in [-0.3, -0.25) is 9.59 Å². The molecule has 0 spiro atoms. The number of carbonyl (C=O) groups excluding carboxylic acids is 1. The Kier molecular flexibility index (Phi) is 4.99. The lowest BCUT2D eigenvalue weighted by molar-refractivity contribution is -0.146. The van der Waals surface area contributed by atoms with Gasteiger partial charge in [-0.1, -0.05) is 0 Å². The summed E-state index contributed by atoms with van der Waals surface area (Å²) in [5, 5.41) is 12.3. The fraction of sp³-hybridized carbons (Fsp3) is 0.706. The molecule has 1 N–H and O–H groups in total. The van der Waals surface area contributed by atoms with E-state index >= 15 is 0 Å². The molecule has 1 saturated carbocycles. The number of carboxylic acids is 1. The van der Waals surface area contributed by atoms with Gasteiger partial charge in [0.05, 0.1) is 10.9 Å². The Morgan fingerprint density at radius 2 is 1.91 bits per heavy atom. The predicted octanol–water partition coefficient (Wildman–Crippen LogP) is 3.05. The molecule has 3 rings (SSSR count). The Hall–Kier alpha value is -1.43. The molecule has 2 aliphatic rings. The summed E-state index contributed by atoms with van der Waals surface area (Å²) in [4.78, 5) is 30.4. The molecule has 1 aromatic rings. The Morgan fingerprint density at radius 1 is 1.22 bits per heavy atom. The highest BCUT2D eigenvalue weighted by Gasteiger charge is 2.34. The molecule has 1 aliphatic heterocycles. The maximum Gasteiger partial charge on any atom is 0.306 e. The molecule has 23 heavy (non-hydrogen) atoms. The molecular weight excluding hydrogens is 312 g/mol. The Morgan fingerprint density at radius 3 is 2.52 bits per heavy atom. The second-order valence-electron chi connectivity index (χ2n) is 6.84. The Balaban J connectivity index is 1.58. The zero-order valence-electron chi connectivity index (χ0n) is 13.5. The number of carbonyl (C=O) groups is 2. The summed E-state index contributed by atoms with van der Waals surface area (Å²) in [6, 6.07) is 0. The molecule has 2 heterocycles. The van der Waals surface area contributed by atoms with Crippen molar-refractivity contribution in [1.29, 1.82) is 0 Å². The maximum atomic E-state index is 12.8. The van der Waals surface area contributed by atoms with Gasteiger partial charge in [0.1, 0.15) is 0 Å². The van der Waals surface area contributed by atoms with E-state index in [1.165, 1.54) is 0 Å². The third-order valence-electron chi connectivity index (χ3n) is 5.14. The van der Waals surface area contributed by atoms with E-state index in [0.717, 1.165) is 36.6 Å². The minimum atomic E-state index is -0.715. The molecule has 1 aliphatic carbocycles. The first-order valence-electron chi connectivity index (χ1n) is 8.48. The van der Waals surface area contributed by atoms with Crippen molar-refractivity contribution in [3.8, 4) is 0 Å². The predicted molar refractivity (Wildman–Crippen MR) is 88.5 cm³/mol. The molecule has 0 bridgehead atoms. The first kappa shape index (κ1) is 16.4. The second kappa shape index (κ2) is 6.99. The summed E-state index contributed by atoms with van der Waals surface area (Å²) in [5.41, 5.74) is 1.06. The number of aryl methyl sites for hydroxylation is 1. The van der Waals surface area contributed by atoms with Crippen molar-refractivity contribution in [3.05, 3.63) is 16.1 Å². The van der Waals surface area contributed by atoms with Gasteiger partial charge in [0, 0.05) is 36.0 Å². The molecule has 0 radical (unpaired) electrons. The molecular formula is C17H24N2O3S. The number of amides is 1. The third-order valence-corrected chi connectivity index (χ3v) is 6.27. The van der Waals surface area contributed by atoms with Crippen LogP contribution in [-0.2, 0) is 9.59 Å². The summed E-state index contributed by atoms with van der Waals surface area (Å²) in [7, 11) is 0. The molecule has 1 unspecified atom stereocenters. The number of nitrogens with zero attached hydrogens (tertiary/aromatic N) is 2. The average Bonchev–Trinajstić information content (AvgIpc) is 3.01. The third kappa shape index (κ3) is 3.74. The van der Waals surface area contributed by atoms with E-state index in [9.17, 15) is 9.59 Å². The number of carboxylic acid groups (broad SMARTS) is 1. The van der Waals surface area contributed by atoms with Crippen molar-refractivity contribution in [2.24, 2.45) is 11.8 Å². The smallest absolute Gasteiger partial charge is 0.306 e. The number of aromatic nitrogens is 1. The van der Waals surface area contributed by atoms with E-state index in [4.69, 9.17) is 5.11 Å². The molecule has 5 nitrogen and oxygen atoms in total. The van der Waals surface area contributed by atoms with Gasteiger partial charge in [-0.05, 0) is 45.4 Å². The number of likely N-dealkylation sites (tertiary alicyclic amines) is 1. The number of hydrogen-bond donors (Lipinski definition) is 1. The normalized spacial score (nSPS) is 28.6. The van der Waals surface area contributed by atoms with Crippen LogP contribution in [-0.4, -0.2) is 40.0 Å². The van der Waals surface area contributed by atoms with Gasteiger partial charge < -0.3 is 10.0 Å². The fourth-order valence-corrected chi connectivity index (χ4v) is 4.71. The average molecular weight is 336 g/mol. The minimum absolute atomic E-state index is 0.0161. The van der Waals surface area contributed by atoms with Crippen LogP contribution in [0.25, 0.3) is 0 Å². The zero-order valence-corrected chi connectivity index (χ0v) is 14.3. The number of rotatable bonds is 3. The lowest BCUT2D eigenvalue weighted by Gasteiger charge is -2.36. The highest BCUT2D eigenvalue weighted by Crippen LogP contribution is 2.33. The monoisotopic (exact) mass is 336 g/mol. The van der Waals surface area contributed by atoms with Gasteiger partial charge in [-0.25, -0.2) is 4.98 Å². The number of piperidine rings is 1. The minimum Gasteiger partial charge on any atom is -0.481 e. The van der Waals surface area contributed by atoms with Gasteiger partial charge >= 0.3 is 5.97 Å². The van der Waals surface area contributed by atoms with Crippen LogP contribution >= 0.6 is 11.3 Å². The van der Waals surface area contributed by atoms with Crippen LogP contribution in [0.3, 0.4) is 0 Å². The van der Waals surface area contributed by atoms with E-state index < -0.39 is 5.97 Å². The molecule has 126 valence electrons. The summed E-state index contributed by atoms with van der Waals surface area (Å²) in [6.07, 6.45) is 4.83. The molecule has 2 fully saturated rings. The van der Waals surface area contributed by atoms with Gasteiger partial charge in [0.25, 0.3) is 0 Å². The van der Waals surface area contributed by atoms with Crippen molar-refractivity contribution >= 4 is 23.2 Å². The molecule has 6 heteroatoms. The van der Waals surface area contributed by atoms with E-state index in [2.05, 4.69) is 10.4 Å². The Bertz CT molecular complexity index is 578. The van der Waals surface area contributed by atoms with E-state index in [-0.39, 0.29) is 17.7 Å². The molecule has 1 amide bonds. The van der Waals surface area contributed by atoms with Crippen molar-refractivity contribution in [2.75, 3.05) is 13.1 Å². The van der Waals surface area contributed by atoms with Crippen LogP contribution in [0.5, 0.6) is 0 Å². The SMILES string of the molecule is Cc1csc(C2CCCN(C(=O)C3CCC(C(=O)O)CC3)C2)n1. The molecule has 1 aromatic heterocycles. The summed E-state index contributed by atoms with van der Waals surface area (Å²) in [6.45, 7) is 3.61. The van der Waals surface area contributed by atoms with Gasteiger partial charge in [0.2, 0.25) is 5.91 Å². The largest absolute Gasteiger partial charge is 0.481 e. The zero-order chi connectivity index (χ0) is 16.4. The van der Waals surface area contributed by atoms with Crippen molar-refractivity contribution in [2.45, 2.75) is 51.4 Å². The maximum absolute atomic E-state index is 12.8. The number of thiazole rings is 1. The second-order valence-corrected chi connectivity index (χ2v) is 7.73. The van der Waals surface area contributed by atoms with E-state index in [1.54, 1.807) is 11.3 Å². The number of hydrogen-bond acceptors (Lipinski definition) is 4. The van der Waals surface area contributed by atoms with Crippen LogP contribution in [0.15, 0.2) is 5.38 Å². The van der Waals surface area contributed by atoms with Gasteiger partial charge in [-0.15, -0.1) is 11.3 Å². The summed E-state index contributed by atoms with van der Waals surface area (Å²) >= 11 is 1.69. The van der Waals surface area contributed by atoms with E-state index in [0.29, 0.717) is 31.6 Å². The van der Waals surface area contributed by atoms with Gasteiger partial charge in [-0.2, -0.15) is 0 Å². The van der Waals surface area contributed by atoms with Gasteiger partial charge in [0.15, 0.2) is 0 Å². The van der Waals surface area contributed by atoms with Crippen LogP contribution < -0.4 is 0 Å². The van der Waals surface area contributed by atoms with Crippen molar-refractivity contribution in [1.82, 2.24) is 9.88 Å². The number of aliphatic carboxylic acids is 1. The van der Waals surface area contributed by atoms with Crippen molar-refractivity contribution < 1.29 is 14.7 Å². The summed E-state index contributed by atoms with van der Waals surface area (Å²) < 4.78 is 0. The molecule has 1 atom stereocenters. The van der Waals surface area contributed by atoms with Crippen LogP contribution in [0, 0.1) is 18.8 Å². The Labute approximate surface area is 140 Å². The van der Waals surface area contributed by atoms with Crippen LogP contribution in [0.1, 0.15) is 55.1 Å². The topological polar surface area (TPSA) is 70.5 Å². The molecule has 1 saturated heterocycles. The van der Waals surface area contributed by atoms with Crippen LogP contribution in [0.4, 0.5) is 0 Å². The van der Waals surface area contributed by atoms with Crippen molar-refractivity contribution in [3.63, 3.8) is 0 Å². The standard InChI is InChI=1S/C17H24N2O3S/c1-11-10-23-15(18-11)14-3-2-8-19(9-14)16(20)12-4-6-13(7-5-12)17(21)22/h10,12-14H,2-9H2,1H3,(H,21,22). The fourth-order valence-electron chi connectivity index (χ4n) is 3.78. The first-order chi connectivity index (χ1) is 11.0. The summed E-state index contributed by atoms with van der Waals surface area (Å²) in [5.74, 6) is -0.365.